The van der Waals surface area contributed by atoms with E-state index in [0.717, 1.165) is 0 Å². The Labute approximate surface area is 122 Å². The molecule has 7 nitrogen and oxygen atoms in total. The molecule has 0 aliphatic rings. The molecule has 0 saturated carbocycles. The summed E-state index contributed by atoms with van der Waals surface area (Å²) < 4.78 is 131. The average molecular weight is 399 g/mol. The molecule has 0 bridgehead atoms. The Balaban J connectivity index is 6.10. The molecule has 0 aliphatic heterocycles. The Kier molecular flexibility index (Phi) is 6.30. The van der Waals surface area contributed by atoms with Gasteiger partial charge in [0.2, 0.25) is 0 Å². The lowest BCUT2D eigenvalue weighted by molar-refractivity contribution is -0.0436. The molecule has 1 unspecified atom stereocenters. The molecule has 0 aromatic carbocycles. The van der Waals surface area contributed by atoms with Gasteiger partial charge >= 0.3 is 21.0 Å². The number of alkyl halides is 6. The van der Waals surface area contributed by atoms with Crippen LogP contribution in [-0.2, 0) is 30.0 Å². The highest BCUT2D eigenvalue weighted by Gasteiger charge is 2.47. The summed E-state index contributed by atoms with van der Waals surface area (Å²) >= 11 is 0. The summed E-state index contributed by atoms with van der Waals surface area (Å²) in [6, 6.07) is 0. The maximum atomic E-state index is 12.1. The predicted octanol–water partition coefficient (Wildman–Crippen LogP) is 2.24. The van der Waals surface area contributed by atoms with Gasteiger partial charge in [-0.2, -0.15) is 34.8 Å². The normalized spacial score (nSPS) is 17.0. The van der Waals surface area contributed by atoms with E-state index in [9.17, 15) is 47.4 Å². The van der Waals surface area contributed by atoms with Gasteiger partial charge in [-0.05, 0) is 16.3 Å². The van der Waals surface area contributed by atoms with Crippen LogP contribution in [0.15, 0.2) is 3.77 Å². The molecule has 0 aromatic rings. The summed E-state index contributed by atoms with van der Waals surface area (Å²) in [5, 5.41) is 0. The number of hydrogen-bond donors (Lipinski definition) is 0. The molecule has 0 amide bonds. The highest BCUT2D eigenvalue weighted by atomic mass is 32.3. The molecule has 0 fully saturated rings. The van der Waals surface area contributed by atoms with Crippen LogP contribution in [0.5, 0.6) is 0 Å². The maximum Gasteiger partial charge on any atom is 0.519 e. The fourth-order valence-electron chi connectivity index (χ4n) is 0.812. The van der Waals surface area contributed by atoms with E-state index in [0.29, 0.717) is 0 Å². The van der Waals surface area contributed by atoms with Gasteiger partial charge in [0.1, 0.15) is 0 Å². The zero-order chi connectivity index (χ0) is 18.0. The lowest BCUT2D eigenvalue weighted by atomic mass is 10.4. The van der Waals surface area contributed by atoms with Crippen LogP contribution >= 0.6 is 0 Å². The van der Waals surface area contributed by atoms with Gasteiger partial charge in [-0.1, -0.05) is 13.3 Å². The minimum absolute atomic E-state index is 0.0557. The van der Waals surface area contributed by atoms with Crippen LogP contribution in [-0.4, -0.2) is 37.8 Å². The van der Waals surface area contributed by atoms with E-state index < -0.39 is 46.7 Å². The molecule has 0 radical (unpaired) electrons. The quantitative estimate of drug-likeness (QED) is 0.636. The molecular formula is C6H9F6N2O5S3-. The van der Waals surface area contributed by atoms with Crippen molar-refractivity contribution in [2.24, 2.45) is 3.77 Å². The number of hydrogen-bond acceptors (Lipinski definition) is 5. The van der Waals surface area contributed by atoms with E-state index in [1.54, 1.807) is 7.90 Å². The van der Waals surface area contributed by atoms with E-state index in [1.165, 1.54) is 6.92 Å². The van der Waals surface area contributed by atoms with Crippen LogP contribution < -0.4 is 0 Å². The van der Waals surface area contributed by atoms with Crippen LogP contribution in [0, 0.1) is 0 Å². The fourth-order valence-corrected chi connectivity index (χ4v) is 5.56. The first-order valence-electron chi connectivity index (χ1n) is 5.10. The van der Waals surface area contributed by atoms with E-state index in [4.69, 9.17) is 0 Å². The number of unbranched alkanes of at least 4 members (excludes halogenated alkanes) is 1. The summed E-state index contributed by atoms with van der Waals surface area (Å²) in [7, 11) is -18.2. The number of halogens is 6. The summed E-state index contributed by atoms with van der Waals surface area (Å²) in [5.41, 5.74) is -12.1. The van der Waals surface area contributed by atoms with Crippen molar-refractivity contribution in [2.45, 2.75) is 30.8 Å². The zero-order valence-corrected chi connectivity index (χ0v) is 13.0. The predicted molar refractivity (Wildman–Crippen MR) is 63.7 cm³/mol. The zero-order valence-electron chi connectivity index (χ0n) is 10.5. The monoisotopic (exact) mass is 399 g/mol. The van der Waals surface area contributed by atoms with Gasteiger partial charge in [-0.3, -0.25) is 4.21 Å². The van der Waals surface area contributed by atoms with Crippen LogP contribution in [0.3, 0.4) is 0 Å². The Morgan fingerprint density at radius 1 is 0.909 bits per heavy atom. The van der Waals surface area contributed by atoms with Crippen molar-refractivity contribution in [1.29, 1.82) is 0 Å². The maximum absolute atomic E-state index is 12.1. The van der Waals surface area contributed by atoms with Gasteiger partial charge in [0.15, 0.2) is 10.0 Å². The van der Waals surface area contributed by atoms with Crippen molar-refractivity contribution in [2.75, 3.05) is 5.75 Å². The van der Waals surface area contributed by atoms with Crippen LogP contribution in [0.4, 0.5) is 26.3 Å². The molecule has 1 atom stereocenters. The van der Waals surface area contributed by atoms with Crippen molar-refractivity contribution in [3.63, 3.8) is 0 Å². The summed E-state index contributed by atoms with van der Waals surface area (Å²) in [6.07, 6.45) is -0.313. The van der Waals surface area contributed by atoms with Crippen molar-refractivity contribution in [3.05, 3.63) is 4.13 Å². The molecule has 0 aliphatic carbocycles. The lowest BCUT2D eigenvalue weighted by Gasteiger charge is -2.25. The number of sulfonamides is 2. The molecule has 134 valence electrons. The molecule has 0 rings (SSSR count). The number of rotatable bonds is 6. The summed E-state index contributed by atoms with van der Waals surface area (Å²) in [5.74, 6) is -1.20. The average Bonchev–Trinajstić information content (AvgIpc) is 2.21. The van der Waals surface area contributed by atoms with Crippen LogP contribution in [0.1, 0.15) is 19.8 Å². The third-order valence-corrected chi connectivity index (χ3v) is 7.20. The molecule has 16 heteroatoms. The largest absolute Gasteiger partial charge is 0.519 e. The number of nitrogens with zero attached hydrogens (tertiary/aromatic N) is 2. The molecule has 0 N–H and O–H groups in total. The van der Waals surface area contributed by atoms with Gasteiger partial charge in [0.05, 0.1) is 0 Å². The Morgan fingerprint density at radius 2 is 1.36 bits per heavy atom. The first kappa shape index (κ1) is 21.4. The Hall–Kier alpha value is -0.610. The fraction of sp³-hybridized carbons (Fsp3) is 1.00. The SMILES string of the molecule is CCCCS(=O)(=NS(=O)(=O)C(F)(F)F)[N-]S(=O)(=O)C(F)(F)F. The Bertz CT molecular complexity index is 713. The third kappa shape index (κ3) is 5.54. The van der Waals surface area contributed by atoms with Gasteiger partial charge in [0, 0.05) is 5.75 Å². The van der Waals surface area contributed by atoms with Crippen molar-refractivity contribution >= 4 is 30.0 Å². The van der Waals surface area contributed by atoms with E-state index in [1.807, 2.05) is 0 Å². The standard InChI is InChI=1S/C6H9F6N2O5S3/c1-2-3-4-20(15,13-21(16,17)5(7,8)9)14-22(18,19)6(10,11)12/h2-4H2,1H3/q-1. The van der Waals surface area contributed by atoms with E-state index in [-0.39, 0.29) is 12.8 Å². The summed E-state index contributed by atoms with van der Waals surface area (Å²) in [4.78, 5) is 0. The minimum atomic E-state index is -6.48. The topological polar surface area (TPSA) is 112 Å². The first-order chi connectivity index (χ1) is 9.47. The second-order valence-electron chi connectivity index (χ2n) is 3.66. The van der Waals surface area contributed by atoms with E-state index in [2.05, 4.69) is 0 Å². The van der Waals surface area contributed by atoms with Crippen molar-refractivity contribution in [1.82, 2.24) is 0 Å². The van der Waals surface area contributed by atoms with Gasteiger partial charge in [-0.15, -0.1) is 3.77 Å². The van der Waals surface area contributed by atoms with Crippen LogP contribution in [0.2, 0.25) is 0 Å². The smallest absolute Gasteiger partial charge is 0.445 e. The highest BCUT2D eigenvalue weighted by Crippen LogP contribution is 2.33. The van der Waals surface area contributed by atoms with Crippen molar-refractivity contribution < 1.29 is 47.4 Å². The van der Waals surface area contributed by atoms with Crippen LogP contribution in [0.25, 0.3) is 4.13 Å². The second kappa shape index (κ2) is 6.48. The molecule has 0 spiro atoms. The molecule has 22 heavy (non-hydrogen) atoms. The van der Waals surface area contributed by atoms with Gasteiger partial charge in [0.25, 0.3) is 0 Å². The Morgan fingerprint density at radius 3 is 1.68 bits per heavy atom. The molecule has 0 heterocycles. The first-order valence-corrected chi connectivity index (χ1v) is 9.62. The molecule has 0 saturated heterocycles. The van der Waals surface area contributed by atoms with E-state index >= 15 is 0 Å². The van der Waals surface area contributed by atoms with Gasteiger partial charge < -0.3 is 4.13 Å². The highest BCUT2D eigenvalue weighted by molar-refractivity contribution is 8.16. The second-order valence-corrected chi connectivity index (χ2v) is 9.30. The third-order valence-electron chi connectivity index (χ3n) is 1.78. The molecule has 0 aromatic heterocycles. The summed E-state index contributed by atoms with van der Waals surface area (Å²) in [6.45, 7) is 1.37. The van der Waals surface area contributed by atoms with Gasteiger partial charge in [-0.25, -0.2) is 8.42 Å². The molecular weight excluding hydrogens is 390 g/mol. The lowest BCUT2D eigenvalue weighted by Crippen LogP contribution is -2.27. The van der Waals surface area contributed by atoms with Crippen molar-refractivity contribution in [3.8, 4) is 0 Å². The minimum Gasteiger partial charge on any atom is -0.445 e.